The minimum atomic E-state index is -0.979. The van der Waals surface area contributed by atoms with E-state index in [2.05, 4.69) is 15.2 Å². The number of nitrogens with one attached hydrogen (secondary N) is 1. The number of hydrogen-bond donors (Lipinski definition) is 2. The van der Waals surface area contributed by atoms with Crippen LogP contribution in [0.15, 0.2) is 18.5 Å². The number of piperidine rings is 1. The fraction of sp³-hybridized carbons (Fsp3) is 0.588. The molecule has 2 heterocycles. The van der Waals surface area contributed by atoms with E-state index in [-0.39, 0.29) is 11.6 Å². The minimum Gasteiger partial charge on any atom is -0.478 e. The Morgan fingerprint density at radius 1 is 1.42 bits per heavy atom. The van der Waals surface area contributed by atoms with E-state index in [1.807, 2.05) is 20.8 Å². The number of amides is 1. The molecule has 1 aliphatic rings. The van der Waals surface area contributed by atoms with Crippen molar-refractivity contribution >= 4 is 12.1 Å². The molecular formula is C17H25N3O4. The van der Waals surface area contributed by atoms with E-state index in [4.69, 9.17) is 9.84 Å². The van der Waals surface area contributed by atoms with E-state index in [0.717, 1.165) is 24.9 Å². The molecule has 1 aromatic heterocycles. The molecule has 1 aromatic rings. The highest BCUT2D eigenvalue weighted by atomic mass is 16.6. The summed E-state index contributed by atoms with van der Waals surface area (Å²) in [5.74, 6) is -0.979. The number of aromatic nitrogens is 1. The van der Waals surface area contributed by atoms with Crippen LogP contribution in [0, 0.1) is 0 Å². The summed E-state index contributed by atoms with van der Waals surface area (Å²) in [4.78, 5) is 29.1. The van der Waals surface area contributed by atoms with Gasteiger partial charge in [-0.1, -0.05) is 0 Å². The smallest absolute Gasteiger partial charge is 0.407 e. The highest BCUT2D eigenvalue weighted by Crippen LogP contribution is 2.15. The Bertz CT molecular complexity index is 598. The summed E-state index contributed by atoms with van der Waals surface area (Å²) < 4.78 is 5.29. The van der Waals surface area contributed by atoms with Gasteiger partial charge >= 0.3 is 12.1 Å². The van der Waals surface area contributed by atoms with E-state index in [0.29, 0.717) is 13.1 Å². The maximum atomic E-state index is 11.9. The van der Waals surface area contributed by atoms with Crippen molar-refractivity contribution < 1.29 is 19.4 Å². The highest BCUT2D eigenvalue weighted by molar-refractivity contribution is 5.87. The molecule has 1 aliphatic heterocycles. The molecule has 0 bridgehead atoms. The second-order valence-corrected chi connectivity index (χ2v) is 7.11. The van der Waals surface area contributed by atoms with Crippen molar-refractivity contribution in [1.29, 1.82) is 0 Å². The Morgan fingerprint density at radius 3 is 2.83 bits per heavy atom. The maximum absolute atomic E-state index is 11.9. The zero-order valence-electron chi connectivity index (χ0n) is 14.4. The monoisotopic (exact) mass is 335 g/mol. The van der Waals surface area contributed by atoms with E-state index in [1.165, 1.54) is 6.20 Å². The number of nitrogens with zero attached hydrogens (tertiary/aromatic N) is 2. The summed E-state index contributed by atoms with van der Waals surface area (Å²) in [6.07, 6.45) is 4.49. The normalized spacial score (nSPS) is 18.9. The summed E-state index contributed by atoms with van der Waals surface area (Å²) in [6.45, 7) is 7.73. The van der Waals surface area contributed by atoms with E-state index in [9.17, 15) is 9.59 Å². The zero-order valence-corrected chi connectivity index (χ0v) is 14.4. The van der Waals surface area contributed by atoms with Crippen LogP contribution in [0.3, 0.4) is 0 Å². The Morgan fingerprint density at radius 2 is 2.17 bits per heavy atom. The number of carbonyl (C=O) groups is 2. The van der Waals surface area contributed by atoms with Crippen molar-refractivity contribution in [2.24, 2.45) is 0 Å². The lowest BCUT2D eigenvalue weighted by Gasteiger charge is -2.33. The Labute approximate surface area is 142 Å². The first-order valence-electron chi connectivity index (χ1n) is 8.12. The van der Waals surface area contributed by atoms with Crippen molar-refractivity contribution in [2.45, 2.75) is 51.8 Å². The van der Waals surface area contributed by atoms with E-state index < -0.39 is 17.7 Å². The number of pyridine rings is 1. The predicted octanol–water partition coefficient (Wildman–Crippen LogP) is 2.27. The summed E-state index contributed by atoms with van der Waals surface area (Å²) in [7, 11) is 0. The third-order valence-electron chi connectivity index (χ3n) is 3.67. The van der Waals surface area contributed by atoms with Gasteiger partial charge in [-0.05, 0) is 51.8 Å². The number of carbonyl (C=O) groups excluding carboxylic acids is 1. The molecule has 7 heteroatoms. The van der Waals surface area contributed by atoms with Gasteiger partial charge in [0.25, 0.3) is 0 Å². The minimum absolute atomic E-state index is 0.0317. The van der Waals surface area contributed by atoms with Crippen molar-refractivity contribution in [3.05, 3.63) is 29.6 Å². The third kappa shape index (κ3) is 5.81. The van der Waals surface area contributed by atoms with Crippen molar-refractivity contribution in [2.75, 3.05) is 13.1 Å². The van der Waals surface area contributed by atoms with Crippen LogP contribution in [-0.4, -0.2) is 51.8 Å². The molecule has 1 amide bonds. The lowest BCUT2D eigenvalue weighted by Crippen LogP contribution is -2.48. The van der Waals surface area contributed by atoms with Gasteiger partial charge in [0.05, 0.1) is 5.56 Å². The number of carboxylic acids is 1. The Hall–Kier alpha value is -2.15. The molecule has 2 N–H and O–H groups in total. The largest absolute Gasteiger partial charge is 0.478 e. The van der Waals surface area contributed by atoms with Crippen LogP contribution in [0.1, 0.15) is 49.5 Å². The fourth-order valence-electron chi connectivity index (χ4n) is 2.74. The quantitative estimate of drug-likeness (QED) is 0.877. The second-order valence-electron chi connectivity index (χ2n) is 7.11. The summed E-state index contributed by atoms with van der Waals surface area (Å²) in [5.41, 5.74) is 0.530. The van der Waals surface area contributed by atoms with E-state index in [1.54, 1.807) is 12.3 Å². The molecular weight excluding hydrogens is 310 g/mol. The second kappa shape index (κ2) is 7.61. The molecule has 1 saturated heterocycles. The van der Waals surface area contributed by atoms with Crippen LogP contribution in [-0.2, 0) is 11.3 Å². The van der Waals surface area contributed by atoms with E-state index >= 15 is 0 Å². The van der Waals surface area contributed by atoms with Crippen LogP contribution in [0.2, 0.25) is 0 Å². The number of rotatable bonds is 4. The van der Waals surface area contributed by atoms with Gasteiger partial charge in [0.2, 0.25) is 0 Å². The topological polar surface area (TPSA) is 91.8 Å². The molecule has 2 rings (SSSR count). The fourth-order valence-corrected chi connectivity index (χ4v) is 2.74. The molecule has 1 atom stereocenters. The number of carboxylic acid groups (broad SMARTS) is 1. The number of hydrogen-bond acceptors (Lipinski definition) is 5. The number of ether oxygens (including phenoxy) is 1. The van der Waals surface area contributed by atoms with Crippen molar-refractivity contribution in [3.8, 4) is 0 Å². The first kappa shape index (κ1) is 18.2. The van der Waals surface area contributed by atoms with Gasteiger partial charge in [0.1, 0.15) is 5.60 Å². The average molecular weight is 335 g/mol. The summed E-state index contributed by atoms with van der Waals surface area (Å²) in [6, 6.07) is 1.67. The highest BCUT2D eigenvalue weighted by Gasteiger charge is 2.24. The molecule has 7 nitrogen and oxygen atoms in total. The lowest BCUT2D eigenvalue weighted by molar-refractivity contribution is 0.0469. The van der Waals surface area contributed by atoms with Gasteiger partial charge in [0.15, 0.2) is 0 Å². The molecule has 0 aromatic carbocycles. The van der Waals surface area contributed by atoms with Gasteiger partial charge in [0, 0.05) is 31.5 Å². The van der Waals surface area contributed by atoms with Crippen molar-refractivity contribution in [1.82, 2.24) is 15.2 Å². The standard InChI is InChI=1S/C17H25N3O4/c1-17(2,3)24-16(23)19-14-5-4-6-20(11-14)10-12-7-13(15(21)22)9-18-8-12/h7-9,14H,4-6,10-11H2,1-3H3,(H,19,23)(H,21,22)/t14-/m1/s1. The molecule has 0 radical (unpaired) electrons. The third-order valence-corrected chi connectivity index (χ3v) is 3.67. The van der Waals surface area contributed by atoms with Crippen LogP contribution in [0.25, 0.3) is 0 Å². The summed E-state index contributed by atoms with van der Waals surface area (Å²) in [5, 5.41) is 11.9. The lowest BCUT2D eigenvalue weighted by atomic mass is 10.0. The Balaban J connectivity index is 1.90. The SMILES string of the molecule is CC(C)(C)OC(=O)N[C@@H]1CCCN(Cc2cncc(C(=O)O)c2)C1. The molecule has 0 saturated carbocycles. The van der Waals surface area contributed by atoms with Crippen LogP contribution < -0.4 is 5.32 Å². The van der Waals surface area contributed by atoms with Gasteiger partial charge in [-0.15, -0.1) is 0 Å². The molecule has 1 fully saturated rings. The average Bonchev–Trinajstić information content (AvgIpc) is 2.45. The molecule has 132 valence electrons. The number of likely N-dealkylation sites (tertiary alicyclic amines) is 1. The molecule has 0 aliphatic carbocycles. The first-order chi connectivity index (χ1) is 11.2. The molecule has 0 spiro atoms. The maximum Gasteiger partial charge on any atom is 0.407 e. The van der Waals surface area contributed by atoms with Crippen LogP contribution >= 0.6 is 0 Å². The van der Waals surface area contributed by atoms with Crippen molar-refractivity contribution in [3.63, 3.8) is 0 Å². The molecule has 24 heavy (non-hydrogen) atoms. The summed E-state index contributed by atoms with van der Waals surface area (Å²) >= 11 is 0. The first-order valence-corrected chi connectivity index (χ1v) is 8.12. The number of aromatic carboxylic acids is 1. The van der Waals surface area contributed by atoms with Gasteiger partial charge in [-0.2, -0.15) is 0 Å². The predicted molar refractivity (Wildman–Crippen MR) is 88.9 cm³/mol. The number of alkyl carbamates (subject to hydrolysis) is 1. The van der Waals surface area contributed by atoms with Gasteiger partial charge in [-0.3, -0.25) is 9.88 Å². The zero-order chi connectivity index (χ0) is 17.7. The Kier molecular flexibility index (Phi) is 5.77. The van der Waals surface area contributed by atoms with Gasteiger partial charge in [-0.25, -0.2) is 9.59 Å². The van der Waals surface area contributed by atoms with Crippen LogP contribution in [0.4, 0.5) is 4.79 Å². The van der Waals surface area contributed by atoms with Gasteiger partial charge < -0.3 is 15.2 Å². The van der Waals surface area contributed by atoms with Crippen LogP contribution in [0.5, 0.6) is 0 Å². The molecule has 0 unspecified atom stereocenters.